The molecule has 13 heteroatoms. The Hall–Kier alpha value is -5.33. The molecule has 4 aromatic rings. The van der Waals surface area contributed by atoms with Crippen LogP contribution in [0.15, 0.2) is 97.1 Å². The van der Waals surface area contributed by atoms with Crippen LogP contribution in [0, 0.1) is 0 Å². The smallest absolute Gasteiger partial charge is 0.397 e. The van der Waals surface area contributed by atoms with Crippen molar-refractivity contribution in [2.75, 3.05) is 11.1 Å². The van der Waals surface area contributed by atoms with E-state index in [1.54, 1.807) is 24.3 Å². The second-order valence-corrected chi connectivity index (χ2v) is 10.1. The van der Waals surface area contributed by atoms with Gasteiger partial charge in [-0.2, -0.15) is 26.3 Å². The highest BCUT2D eigenvalue weighted by Crippen LogP contribution is 2.32. The molecule has 0 spiro atoms. The number of primary amides is 1. The van der Waals surface area contributed by atoms with Crippen LogP contribution in [0.2, 0.25) is 0 Å². The number of carbonyl (C=O) groups excluding carboxylic acids is 3. The molecule has 3 amide bonds. The van der Waals surface area contributed by atoms with Crippen LogP contribution in [0.1, 0.15) is 44.1 Å². The van der Waals surface area contributed by atoms with E-state index in [1.165, 1.54) is 36.4 Å². The molecular weight excluding hydrogens is 602 g/mol. The Labute approximate surface area is 253 Å². The summed E-state index contributed by atoms with van der Waals surface area (Å²) in [6.45, 7) is -0.969. The van der Waals surface area contributed by atoms with Crippen molar-refractivity contribution in [3.63, 3.8) is 0 Å². The highest BCUT2D eigenvalue weighted by Gasteiger charge is 2.34. The van der Waals surface area contributed by atoms with Crippen LogP contribution < -0.4 is 16.8 Å². The van der Waals surface area contributed by atoms with Crippen molar-refractivity contribution >= 4 is 29.1 Å². The fraction of sp³-hybridized carbons (Fsp3) is 0.156. The van der Waals surface area contributed by atoms with Crippen molar-refractivity contribution in [1.29, 1.82) is 0 Å². The molecule has 45 heavy (non-hydrogen) atoms. The molecule has 0 aliphatic rings. The number of hydrogen-bond acceptors (Lipinski definition) is 4. The first-order valence-electron chi connectivity index (χ1n) is 13.3. The van der Waals surface area contributed by atoms with Crippen molar-refractivity contribution in [2.45, 2.75) is 31.4 Å². The number of nitrogens with one attached hydrogen (secondary N) is 1. The zero-order valence-corrected chi connectivity index (χ0v) is 23.3. The maximum Gasteiger partial charge on any atom is 0.416 e. The highest BCUT2D eigenvalue weighted by atomic mass is 19.4. The summed E-state index contributed by atoms with van der Waals surface area (Å²) in [7, 11) is 0. The lowest BCUT2D eigenvalue weighted by molar-refractivity contribution is -0.138. The van der Waals surface area contributed by atoms with Gasteiger partial charge in [-0.3, -0.25) is 14.4 Å². The Morgan fingerprint density at radius 2 is 1.22 bits per heavy atom. The number of nitrogen functional groups attached to an aromatic ring is 1. The summed E-state index contributed by atoms with van der Waals surface area (Å²) in [4.78, 5) is 40.1. The number of benzene rings is 4. The SMILES string of the molecule is NC(=O)C(C(=O)N(Cc1cccc(C(F)(F)F)c1)Cc1cccc(C(F)(F)F)c1)c1ccc(C(=O)Nc2ccccc2N)cc1. The minimum Gasteiger partial charge on any atom is -0.397 e. The molecule has 1 atom stereocenters. The van der Waals surface area contributed by atoms with E-state index in [9.17, 15) is 40.7 Å². The number of alkyl halides is 6. The first kappa shape index (κ1) is 32.6. The van der Waals surface area contributed by atoms with E-state index in [4.69, 9.17) is 11.5 Å². The predicted octanol–water partition coefficient (Wildman–Crippen LogP) is 6.36. The zero-order chi connectivity index (χ0) is 32.9. The number of carbonyl (C=O) groups is 3. The van der Waals surface area contributed by atoms with Crippen LogP contribution in [0.25, 0.3) is 0 Å². The molecular formula is C32H26F6N4O3. The third-order valence-electron chi connectivity index (χ3n) is 6.81. The number of amides is 3. The Bertz CT molecular complexity index is 1640. The summed E-state index contributed by atoms with van der Waals surface area (Å²) in [5, 5.41) is 2.63. The average Bonchev–Trinajstić information content (AvgIpc) is 2.97. The number of rotatable bonds is 9. The normalized spacial score (nSPS) is 12.3. The summed E-state index contributed by atoms with van der Waals surface area (Å²) in [5.41, 5.74) is 10.4. The second-order valence-electron chi connectivity index (χ2n) is 10.1. The molecule has 0 aromatic heterocycles. The first-order valence-corrected chi connectivity index (χ1v) is 13.3. The van der Waals surface area contributed by atoms with Crippen LogP contribution in [-0.2, 0) is 35.0 Å². The van der Waals surface area contributed by atoms with Gasteiger partial charge < -0.3 is 21.7 Å². The Morgan fingerprint density at radius 1 is 0.711 bits per heavy atom. The lowest BCUT2D eigenvalue weighted by Crippen LogP contribution is -2.40. The van der Waals surface area contributed by atoms with Crippen molar-refractivity contribution in [2.24, 2.45) is 5.73 Å². The molecule has 0 heterocycles. The quantitative estimate of drug-likeness (QED) is 0.114. The van der Waals surface area contributed by atoms with Crippen LogP contribution in [0.4, 0.5) is 37.7 Å². The van der Waals surface area contributed by atoms with Crippen LogP contribution in [-0.4, -0.2) is 22.6 Å². The van der Waals surface area contributed by atoms with Gasteiger partial charge in [0.15, 0.2) is 0 Å². The molecule has 0 radical (unpaired) electrons. The number of nitrogens with zero attached hydrogens (tertiary/aromatic N) is 1. The largest absolute Gasteiger partial charge is 0.416 e. The molecule has 5 N–H and O–H groups in total. The van der Waals surface area contributed by atoms with Gasteiger partial charge in [-0.05, 0) is 65.2 Å². The molecule has 0 fully saturated rings. The van der Waals surface area contributed by atoms with Gasteiger partial charge in [-0.25, -0.2) is 0 Å². The van der Waals surface area contributed by atoms with E-state index in [0.29, 0.717) is 11.4 Å². The monoisotopic (exact) mass is 628 g/mol. The molecule has 0 saturated heterocycles. The van der Waals surface area contributed by atoms with E-state index in [0.717, 1.165) is 41.3 Å². The fourth-order valence-corrected chi connectivity index (χ4v) is 4.59. The van der Waals surface area contributed by atoms with E-state index in [2.05, 4.69) is 5.32 Å². The van der Waals surface area contributed by atoms with Gasteiger partial charge in [-0.15, -0.1) is 0 Å². The Morgan fingerprint density at radius 3 is 1.69 bits per heavy atom. The van der Waals surface area contributed by atoms with E-state index < -0.39 is 60.2 Å². The van der Waals surface area contributed by atoms with Gasteiger partial charge in [0.1, 0.15) is 5.92 Å². The van der Waals surface area contributed by atoms with Crippen LogP contribution >= 0.6 is 0 Å². The molecule has 4 aromatic carbocycles. The third kappa shape index (κ3) is 8.19. The minimum atomic E-state index is -4.69. The first-order chi connectivity index (χ1) is 21.1. The maximum atomic E-state index is 13.8. The zero-order valence-electron chi connectivity index (χ0n) is 23.3. The molecule has 0 aliphatic carbocycles. The Kier molecular flexibility index (Phi) is 9.50. The average molecular weight is 629 g/mol. The second kappa shape index (κ2) is 13.1. The van der Waals surface area contributed by atoms with Crippen molar-refractivity contribution in [1.82, 2.24) is 4.90 Å². The predicted molar refractivity (Wildman–Crippen MR) is 154 cm³/mol. The van der Waals surface area contributed by atoms with E-state index in [1.807, 2.05) is 0 Å². The summed E-state index contributed by atoms with van der Waals surface area (Å²) < 4.78 is 80.2. The van der Waals surface area contributed by atoms with Gasteiger partial charge in [0.05, 0.1) is 22.5 Å². The number of nitrogens with two attached hydrogens (primary N) is 2. The number of anilines is 2. The van der Waals surface area contributed by atoms with E-state index >= 15 is 0 Å². The van der Waals surface area contributed by atoms with Crippen LogP contribution in [0.3, 0.4) is 0 Å². The maximum absolute atomic E-state index is 13.8. The molecule has 1 unspecified atom stereocenters. The highest BCUT2D eigenvalue weighted by molar-refractivity contribution is 6.07. The Balaban J connectivity index is 1.66. The van der Waals surface area contributed by atoms with Gasteiger partial charge in [0.25, 0.3) is 5.91 Å². The van der Waals surface area contributed by atoms with Gasteiger partial charge in [0.2, 0.25) is 11.8 Å². The molecule has 234 valence electrons. The van der Waals surface area contributed by atoms with Crippen molar-refractivity contribution in [3.05, 3.63) is 130 Å². The molecule has 4 rings (SSSR count). The molecule has 0 bridgehead atoms. The molecule has 7 nitrogen and oxygen atoms in total. The number of hydrogen-bond donors (Lipinski definition) is 3. The summed E-state index contributed by atoms with van der Waals surface area (Å²) >= 11 is 0. The summed E-state index contributed by atoms with van der Waals surface area (Å²) in [6.07, 6.45) is -9.39. The topological polar surface area (TPSA) is 119 Å². The standard InChI is InChI=1S/C32H26F6N4O3/c33-31(34,35)23-7-3-5-19(15-23)17-42(18-20-6-4-8-24(16-20)32(36,37)38)30(45)27(28(40)43)21-11-13-22(14-12-21)29(44)41-26-10-2-1-9-25(26)39/h1-16,27H,17-18,39H2,(H2,40,43)(H,41,44). The van der Waals surface area contributed by atoms with Gasteiger partial charge in [0, 0.05) is 18.7 Å². The van der Waals surface area contributed by atoms with E-state index in [-0.39, 0.29) is 22.3 Å². The van der Waals surface area contributed by atoms with Crippen molar-refractivity contribution < 1.29 is 40.7 Å². The number of halogens is 6. The molecule has 0 aliphatic heterocycles. The fourth-order valence-electron chi connectivity index (χ4n) is 4.59. The van der Waals surface area contributed by atoms with Gasteiger partial charge >= 0.3 is 12.4 Å². The minimum absolute atomic E-state index is 0.0144. The lowest BCUT2D eigenvalue weighted by atomic mass is 9.95. The summed E-state index contributed by atoms with van der Waals surface area (Å²) in [5.74, 6) is -4.31. The van der Waals surface area contributed by atoms with Crippen LogP contribution in [0.5, 0.6) is 0 Å². The molecule has 0 saturated carbocycles. The van der Waals surface area contributed by atoms with Gasteiger partial charge in [-0.1, -0.05) is 48.5 Å². The third-order valence-corrected chi connectivity index (χ3v) is 6.81. The van der Waals surface area contributed by atoms with Crippen molar-refractivity contribution in [3.8, 4) is 0 Å². The summed E-state index contributed by atoms with van der Waals surface area (Å²) in [6, 6.07) is 20.0. The lowest BCUT2D eigenvalue weighted by Gasteiger charge is -2.27. The number of para-hydroxylation sites is 2.